The van der Waals surface area contributed by atoms with Crippen LogP contribution in [0.4, 0.5) is 0 Å². The number of carbonyl (C=O) groups excluding carboxylic acids is 2. The van der Waals surface area contributed by atoms with Crippen molar-refractivity contribution in [3.05, 3.63) is 47.5 Å². The fourth-order valence-corrected chi connectivity index (χ4v) is 1.50. The summed E-state index contributed by atoms with van der Waals surface area (Å²) in [5.41, 5.74) is 0.829. The Morgan fingerprint density at radius 3 is 2.71 bits per heavy atom. The number of carbonyl (C=O) groups is 2. The van der Waals surface area contributed by atoms with E-state index in [2.05, 4.69) is 0 Å². The zero-order valence-corrected chi connectivity index (χ0v) is 10.4. The zero-order chi connectivity index (χ0) is 12.7. The summed E-state index contributed by atoms with van der Waals surface area (Å²) in [5, 5.41) is 0. The van der Waals surface area contributed by atoms with Gasteiger partial charge in [0.2, 0.25) is 0 Å². The average Bonchev–Trinajstić information content (AvgIpc) is 2.38. The first-order valence-electron chi connectivity index (χ1n) is 5.21. The number of amides is 1. The van der Waals surface area contributed by atoms with Gasteiger partial charge in [-0.05, 0) is 6.07 Å². The molecule has 0 heterocycles. The minimum Gasteiger partial charge on any atom is -0.338 e. The molecule has 0 fully saturated rings. The number of likely N-dealkylation sites (N-methyl/N-ethyl adjacent to an activating group) is 1. The molecule has 90 valence electrons. The van der Waals surface area contributed by atoms with E-state index in [9.17, 15) is 9.59 Å². The lowest BCUT2D eigenvalue weighted by atomic mass is 10.1. The minimum atomic E-state index is -0.174. The molecule has 1 aromatic rings. The van der Waals surface area contributed by atoms with E-state index >= 15 is 0 Å². The lowest BCUT2D eigenvalue weighted by molar-refractivity contribution is 0.0807. The summed E-state index contributed by atoms with van der Waals surface area (Å²) in [6, 6.07) is 6.74. The van der Waals surface area contributed by atoms with E-state index in [0.29, 0.717) is 29.8 Å². The van der Waals surface area contributed by atoms with Gasteiger partial charge in [-0.15, -0.1) is 11.6 Å². The van der Waals surface area contributed by atoms with Crippen LogP contribution in [0.15, 0.2) is 36.4 Å². The van der Waals surface area contributed by atoms with Crippen molar-refractivity contribution in [2.24, 2.45) is 0 Å². The summed E-state index contributed by atoms with van der Waals surface area (Å²) in [6.45, 7) is 0.471. The zero-order valence-electron chi connectivity index (χ0n) is 9.60. The van der Waals surface area contributed by atoms with Gasteiger partial charge < -0.3 is 4.90 Å². The Labute approximate surface area is 106 Å². The molecule has 3 nitrogen and oxygen atoms in total. The third kappa shape index (κ3) is 3.71. The Balaban J connectivity index is 2.81. The van der Waals surface area contributed by atoms with Gasteiger partial charge in [-0.1, -0.05) is 30.4 Å². The van der Waals surface area contributed by atoms with E-state index in [0.717, 1.165) is 0 Å². The second kappa shape index (κ2) is 6.86. The van der Waals surface area contributed by atoms with Crippen molar-refractivity contribution in [3.8, 4) is 0 Å². The van der Waals surface area contributed by atoms with Gasteiger partial charge in [0.1, 0.15) is 0 Å². The van der Waals surface area contributed by atoms with Gasteiger partial charge in [0, 0.05) is 25.0 Å². The lowest BCUT2D eigenvalue weighted by Gasteiger charge is -2.15. The van der Waals surface area contributed by atoms with Gasteiger partial charge in [0.05, 0.1) is 5.56 Å². The SMILES string of the molecule is CN(C/C=C/CCl)C(=O)c1ccccc1C=O. The second-order valence-corrected chi connectivity index (χ2v) is 3.83. The number of benzene rings is 1. The van der Waals surface area contributed by atoms with Crippen molar-refractivity contribution in [1.82, 2.24) is 4.90 Å². The maximum atomic E-state index is 12.0. The number of rotatable bonds is 5. The molecule has 0 aromatic heterocycles. The number of nitrogens with zero attached hydrogens (tertiary/aromatic N) is 1. The molecule has 0 aliphatic heterocycles. The first-order chi connectivity index (χ1) is 8.20. The van der Waals surface area contributed by atoms with E-state index in [-0.39, 0.29) is 5.91 Å². The summed E-state index contributed by atoms with van der Waals surface area (Å²) >= 11 is 5.49. The first-order valence-corrected chi connectivity index (χ1v) is 5.74. The Morgan fingerprint density at radius 1 is 1.35 bits per heavy atom. The topological polar surface area (TPSA) is 37.4 Å². The number of allylic oxidation sites excluding steroid dienone is 1. The molecule has 0 saturated heterocycles. The van der Waals surface area contributed by atoms with Crippen LogP contribution < -0.4 is 0 Å². The number of alkyl halides is 1. The fraction of sp³-hybridized carbons (Fsp3) is 0.231. The molecule has 0 radical (unpaired) electrons. The van der Waals surface area contributed by atoms with E-state index < -0.39 is 0 Å². The molecule has 0 bridgehead atoms. The van der Waals surface area contributed by atoms with E-state index in [1.807, 2.05) is 6.08 Å². The van der Waals surface area contributed by atoms with Crippen molar-refractivity contribution in [2.45, 2.75) is 0 Å². The quantitative estimate of drug-likeness (QED) is 0.458. The van der Waals surface area contributed by atoms with Crippen molar-refractivity contribution in [3.63, 3.8) is 0 Å². The smallest absolute Gasteiger partial charge is 0.254 e. The van der Waals surface area contributed by atoms with Gasteiger partial charge >= 0.3 is 0 Å². The molecule has 1 rings (SSSR count). The molecule has 17 heavy (non-hydrogen) atoms. The summed E-state index contributed by atoms with van der Waals surface area (Å²) < 4.78 is 0. The second-order valence-electron chi connectivity index (χ2n) is 3.52. The predicted molar refractivity (Wildman–Crippen MR) is 68.7 cm³/mol. The summed E-state index contributed by atoms with van der Waals surface area (Å²) in [4.78, 5) is 24.4. The third-order valence-electron chi connectivity index (χ3n) is 2.30. The van der Waals surface area contributed by atoms with Gasteiger partial charge in [0.25, 0.3) is 5.91 Å². The maximum Gasteiger partial charge on any atom is 0.254 e. The molecule has 0 aliphatic rings. The molecule has 0 saturated carbocycles. The number of halogens is 1. The molecule has 0 aliphatic carbocycles. The van der Waals surface area contributed by atoms with E-state index in [1.54, 1.807) is 37.4 Å². The molecular formula is C13H14ClNO2. The van der Waals surface area contributed by atoms with Crippen LogP contribution in [-0.4, -0.2) is 36.6 Å². The van der Waals surface area contributed by atoms with Crippen molar-refractivity contribution >= 4 is 23.8 Å². The van der Waals surface area contributed by atoms with Crippen LogP contribution in [-0.2, 0) is 0 Å². The van der Waals surface area contributed by atoms with E-state index in [1.165, 1.54) is 4.90 Å². The first kappa shape index (κ1) is 13.5. The number of hydrogen-bond acceptors (Lipinski definition) is 2. The van der Waals surface area contributed by atoms with Crippen molar-refractivity contribution in [2.75, 3.05) is 19.5 Å². The molecule has 0 spiro atoms. The largest absolute Gasteiger partial charge is 0.338 e. The monoisotopic (exact) mass is 251 g/mol. The predicted octanol–water partition coefficient (Wildman–Crippen LogP) is 2.37. The number of hydrogen-bond donors (Lipinski definition) is 0. The molecular weight excluding hydrogens is 238 g/mol. The lowest BCUT2D eigenvalue weighted by Crippen LogP contribution is -2.27. The van der Waals surface area contributed by atoms with Gasteiger partial charge in [0.15, 0.2) is 6.29 Å². The molecule has 0 unspecified atom stereocenters. The van der Waals surface area contributed by atoms with Crippen LogP contribution in [0.2, 0.25) is 0 Å². The Kier molecular flexibility index (Phi) is 5.43. The number of aldehydes is 1. The van der Waals surface area contributed by atoms with Crippen molar-refractivity contribution < 1.29 is 9.59 Å². The Hall–Kier alpha value is -1.61. The Bertz CT molecular complexity index is 429. The molecule has 0 atom stereocenters. The van der Waals surface area contributed by atoms with Crippen LogP contribution in [0.25, 0.3) is 0 Å². The molecule has 1 aromatic carbocycles. The highest BCUT2D eigenvalue weighted by molar-refractivity contribution is 6.18. The summed E-state index contributed by atoms with van der Waals surface area (Å²) in [5.74, 6) is 0.249. The minimum absolute atomic E-state index is 0.174. The summed E-state index contributed by atoms with van der Waals surface area (Å²) in [6.07, 6.45) is 4.28. The van der Waals surface area contributed by atoms with E-state index in [4.69, 9.17) is 11.6 Å². The standard InChI is InChI=1S/C13H14ClNO2/c1-15(9-5-4-8-14)13(17)12-7-3-2-6-11(12)10-16/h2-7,10H,8-9H2,1H3/b5-4+. The van der Waals surface area contributed by atoms with Gasteiger partial charge in [-0.3, -0.25) is 9.59 Å². The highest BCUT2D eigenvalue weighted by atomic mass is 35.5. The third-order valence-corrected chi connectivity index (χ3v) is 2.48. The molecule has 1 amide bonds. The fourth-order valence-electron chi connectivity index (χ4n) is 1.38. The van der Waals surface area contributed by atoms with Crippen molar-refractivity contribution in [1.29, 1.82) is 0 Å². The van der Waals surface area contributed by atoms with Crippen LogP contribution in [0.5, 0.6) is 0 Å². The highest BCUT2D eigenvalue weighted by Crippen LogP contribution is 2.09. The average molecular weight is 252 g/mol. The molecule has 0 N–H and O–H groups in total. The van der Waals surface area contributed by atoms with Gasteiger partial charge in [-0.25, -0.2) is 0 Å². The van der Waals surface area contributed by atoms with Crippen LogP contribution >= 0.6 is 11.6 Å². The van der Waals surface area contributed by atoms with Crippen LogP contribution in [0.1, 0.15) is 20.7 Å². The summed E-state index contributed by atoms with van der Waals surface area (Å²) in [7, 11) is 1.68. The maximum absolute atomic E-state index is 12.0. The normalized spacial score (nSPS) is 10.5. The Morgan fingerprint density at radius 2 is 2.06 bits per heavy atom. The molecule has 4 heteroatoms. The van der Waals surface area contributed by atoms with Gasteiger partial charge in [-0.2, -0.15) is 0 Å². The van der Waals surface area contributed by atoms with Crippen LogP contribution in [0, 0.1) is 0 Å². The highest BCUT2D eigenvalue weighted by Gasteiger charge is 2.13. The van der Waals surface area contributed by atoms with Crippen LogP contribution in [0.3, 0.4) is 0 Å².